The smallest absolute Gasteiger partial charge is 0.406 e. The molecule has 2 N–H and O–H groups in total. The molecular formula is C17H16F3N3O. The first-order chi connectivity index (χ1) is 11.3. The van der Waals surface area contributed by atoms with Crippen molar-refractivity contribution in [3.8, 4) is 22.9 Å². The van der Waals surface area contributed by atoms with E-state index >= 15 is 0 Å². The van der Waals surface area contributed by atoms with Gasteiger partial charge < -0.3 is 10.5 Å². The molecule has 0 fully saturated rings. The van der Waals surface area contributed by atoms with Crippen molar-refractivity contribution in [2.24, 2.45) is 0 Å². The molecule has 0 spiro atoms. The lowest BCUT2D eigenvalue weighted by molar-refractivity contribution is -0.274. The predicted molar refractivity (Wildman–Crippen MR) is 84.2 cm³/mol. The summed E-state index contributed by atoms with van der Waals surface area (Å²) in [7, 11) is 0. The van der Waals surface area contributed by atoms with Gasteiger partial charge in [0.25, 0.3) is 0 Å². The van der Waals surface area contributed by atoms with E-state index in [1.54, 1.807) is 6.92 Å². The Hall–Kier alpha value is -2.75. The van der Waals surface area contributed by atoms with Crippen molar-refractivity contribution in [2.75, 3.05) is 5.73 Å². The second-order valence-electron chi connectivity index (χ2n) is 5.24. The average molecular weight is 335 g/mol. The van der Waals surface area contributed by atoms with E-state index in [1.807, 2.05) is 13.0 Å². The fourth-order valence-electron chi connectivity index (χ4n) is 2.57. The van der Waals surface area contributed by atoms with Crippen LogP contribution in [0.5, 0.6) is 5.75 Å². The molecule has 0 aliphatic heterocycles. The normalized spacial score (nSPS) is 11.2. The fraction of sp³-hybridized carbons (Fsp3) is 0.294. The maximum Gasteiger partial charge on any atom is 0.573 e. The van der Waals surface area contributed by atoms with Crippen LogP contribution in [-0.4, -0.2) is 11.3 Å². The average Bonchev–Trinajstić information content (AvgIpc) is 2.49. The summed E-state index contributed by atoms with van der Waals surface area (Å²) in [5.41, 5.74) is 8.86. The molecule has 0 aliphatic carbocycles. The number of alkyl halides is 3. The van der Waals surface area contributed by atoms with E-state index in [1.165, 1.54) is 24.3 Å². The third kappa shape index (κ3) is 3.77. The van der Waals surface area contributed by atoms with Crippen LogP contribution in [0.4, 0.5) is 19.0 Å². The van der Waals surface area contributed by atoms with Crippen LogP contribution in [-0.2, 0) is 6.42 Å². The lowest BCUT2D eigenvalue weighted by atomic mass is 9.92. The number of pyridine rings is 1. The zero-order valence-corrected chi connectivity index (χ0v) is 13.2. The number of halogens is 3. The van der Waals surface area contributed by atoms with Crippen LogP contribution >= 0.6 is 0 Å². The number of hydrogen-bond acceptors (Lipinski definition) is 4. The number of ether oxygens (including phenoxy) is 1. The topological polar surface area (TPSA) is 71.9 Å². The Kier molecular flexibility index (Phi) is 4.98. The Morgan fingerprint density at radius 1 is 1.25 bits per heavy atom. The van der Waals surface area contributed by atoms with Gasteiger partial charge in [0.2, 0.25) is 0 Å². The van der Waals surface area contributed by atoms with E-state index in [9.17, 15) is 18.4 Å². The van der Waals surface area contributed by atoms with Gasteiger partial charge in [-0.3, -0.25) is 0 Å². The van der Waals surface area contributed by atoms with Gasteiger partial charge in [-0.05, 0) is 36.6 Å². The van der Waals surface area contributed by atoms with Crippen molar-refractivity contribution < 1.29 is 17.9 Å². The summed E-state index contributed by atoms with van der Waals surface area (Å²) in [5.74, 6) is -0.207. The maximum atomic E-state index is 12.3. The molecule has 7 heteroatoms. The molecule has 0 aliphatic rings. The molecule has 1 aromatic carbocycles. The number of rotatable bonds is 4. The number of anilines is 1. The molecular weight excluding hydrogens is 319 g/mol. The molecule has 0 unspecified atom stereocenters. The van der Waals surface area contributed by atoms with E-state index in [-0.39, 0.29) is 17.1 Å². The van der Waals surface area contributed by atoms with Gasteiger partial charge >= 0.3 is 6.36 Å². The van der Waals surface area contributed by atoms with Gasteiger partial charge in [0, 0.05) is 11.3 Å². The standard InChI is InChI=1S/C17H16F3N3O/c1-3-4-13-10(2)23-16(22)14(9-21)15(13)11-5-7-12(8-6-11)24-17(18,19)20/h5-8H,3-4H2,1-2H3,(H2,22,23). The number of benzene rings is 1. The third-order valence-corrected chi connectivity index (χ3v) is 3.52. The highest BCUT2D eigenvalue weighted by Crippen LogP contribution is 2.34. The van der Waals surface area contributed by atoms with Crippen LogP contribution in [0.3, 0.4) is 0 Å². The molecule has 4 nitrogen and oxygen atoms in total. The monoisotopic (exact) mass is 335 g/mol. The number of aromatic nitrogens is 1. The van der Waals surface area contributed by atoms with Gasteiger partial charge in [-0.15, -0.1) is 13.2 Å². The SMILES string of the molecule is CCCc1c(C)nc(N)c(C#N)c1-c1ccc(OC(F)(F)F)cc1. The molecule has 0 amide bonds. The second-order valence-corrected chi connectivity index (χ2v) is 5.24. The number of aryl methyl sites for hydroxylation is 1. The first kappa shape index (κ1) is 17.6. The van der Waals surface area contributed by atoms with Gasteiger partial charge in [0.1, 0.15) is 23.2 Å². The van der Waals surface area contributed by atoms with E-state index in [0.29, 0.717) is 23.2 Å². The summed E-state index contributed by atoms with van der Waals surface area (Å²) in [4.78, 5) is 4.20. The summed E-state index contributed by atoms with van der Waals surface area (Å²) in [6.07, 6.45) is -3.23. The van der Waals surface area contributed by atoms with Gasteiger partial charge in [-0.1, -0.05) is 25.5 Å². The quantitative estimate of drug-likeness (QED) is 0.901. The minimum Gasteiger partial charge on any atom is -0.406 e. The van der Waals surface area contributed by atoms with Gasteiger partial charge in [0.15, 0.2) is 0 Å². The number of nitrogen functional groups attached to an aromatic ring is 1. The zero-order valence-electron chi connectivity index (χ0n) is 13.2. The summed E-state index contributed by atoms with van der Waals surface area (Å²) in [6.45, 7) is 3.79. The molecule has 2 aromatic rings. The number of nitriles is 1. The van der Waals surface area contributed by atoms with E-state index in [2.05, 4.69) is 9.72 Å². The molecule has 126 valence electrons. The van der Waals surface area contributed by atoms with Crippen molar-refractivity contribution >= 4 is 5.82 Å². The van der Waals surface area contributed by atoms with E-state index < -0.39 is 6.36 Å². The molecule has 1 aromatic heterocycles. The summed E-state index contributed by atoms with van der Waals surface area (Å²) < 4.78 is 40.7. The van der Waals surface area contributed by atoms with E-state index in [4.69, 9.17) is 5.73 Å². The minimum absolute atomic E-state index is 0.112. The lowest BCUT2D eigenvalue weighted by Crippen LogP contribution is -2.17. The molecule has 24 heavy (non-hydrogen) atoms. The number of nitrogens with two attached hydrogens (primary N) is 1. The highest BCUT2D eigenvalue weighted by molar-refractivity contribution is 5.79. The van der Waals surface area contributed by atoms with Gasteiger partial charge in [0.05, 0.1) is 0 Å². The van der Waals surface area contributed by atoms with Crippen molar-refractivity contribution in [2.45, 2.75) is 33.1 Å². The van der Waals surface area contributed by atoms with Gasteiger partial charge in [-0.2, -0.15) is 5.26 Å². The number of hydrogen-bond donors (Lipinski definition) is 1. The zero-order chi connectivity index (χ0) is 17.9. The Morgan fingerprint density at radius 3 is 2.38 bits per heavy atom. The lowest BCUT2D eigenvalue weighted by Gasteiger charge is -2.16. The molecule has 1 heterocycles. The summed E-state index contributed by atoms with van der Waals surface area (Å²) >= 11 is 0. The van der Waals surface area contributed by atoms with Crippen LogP contribution in [0, 0.1) is 18.3 Å². The molecule has 0 bridgehead atoms. The van der Waals surface area contributed by atoms with Crippen LogP contribution in [0.1, 0.15) is 30.2 Å². The Morgan fingerprint density at radius 2 is 1.88 bits per heavy atom. The molecule has 0 radical (unpaired) electrons. The Balaban J connectivity index is 2.57. The maximum absolute atomic E-state index is 12.3. The predicted octanol–water partition coefficient (Wildman–Crippen LogP) is 4.36. The van der Waals surface area contributed by atoms with Gasteiger partial charge in [-0.25, -0.2) is 4.98 Å². The van der Waals surface area contributed by atoms with E-state index in [0.717, 1.165) is 12.0 Å². The largest absolute Gasteiger partial charge is 0.573 e. The number of nitrogens with zero attached hydrogens (tertiary/aromatic N) is 2. The first-order valence-corrected chi connectivity index (χ1v) is 7.32. The highest BCUT2D eigenvalue weighted by atomic mass is 19.4. The molecule has 2 rings (SSSR count). The van der Waals surface area contributed by atoms with Crippen molar-refractivity contribution in [1.82, 2.24) is 4.98 Å². The summed E-state index contributed by atoms with van der Waals surface area (Å²) in [5, 5.41) is 9.41. The first-order valence-electron chi connectivity index (χ1n) is 7.32. The van der Waals surface area contributed by atoms with Crippen LogP contribution in [0.15, 0.2) is 24.3 Å². The second kappa shape index (κ2) is 6.79. The molecule has 0 saturated carbocycles. The molecule has 0 atom stereocenters. The Bertz CT molecular complexity index is 778. The van der Waals surface area contributed by atoms with Crippen LogP contribution < -0.4 is 10.5 Å². The van der Waals surface area contributed by atoms with Crippen LogP contribution in [0.2, 0.25) is 0 Å². The van der Waals surface area contributed by atoms with Crippen molar-refractivity contribution in [3.63, 3.8) is 0 Å². The van der Waals surface area contributed by atoms with Crippen molar-refractivity contribution in [3.05, 3.63) is 41.1 Å². The van der Waals surface area contributed by atoms with Crippen LogP contribution in [0.25, 0.3) is 11.1 Å². The molecule has 0 saturated heterocycles. The van der Waals surface area contributed by atoms with Crippen molar-refractivity contribution in [1.29, 1.82) is 5.26 Å². The minimum atomic E-state index is -4.75. The Labute approximate surface area is 137 Å². The third-order valence-electron chi connectivity index (χ3n) is 3.52. The summed E-state index contributed by atoms with van der Waals surface area (Å²) in [6, 6.07) is 7.43. The fourth-order valence-corrected chi connectivity index (χ4v) is 2.57. The highest BCUT2D eigenvalue weighted by Gasteiger charge is 2.31.